The van der Waals surface area contributed by atoms with Crippen LogP contribution in [0.4, 0.5) is 11.6 Å². The summed E-state index contributed by atoms with van der Waals surface area (Å²) in [6.07, 6.45) is 7.69. The Kier molecular flexibility index (Phi) is 5.22. The van der Waals surface area contributed by atoms with Crippen LogP contribution in [0, 0.1) is 0 Å². The third kappa shape index (κ3) is 4.50. The first-order valence-corrected chi connectivity index (χ1v) is 9.38. The first kappa shape index (κ1) is 14.9. The van der Waals surface area contributed by atoms with E-state index in [9.17, 15) is 0 Å². The molecule has 1 atom stereocenters. The average Bonchev–Trinajstić information content (AvgIpc) is 3.37. The lowest BCUT2D eigenvalue weighted by Crippen LogP contribution is -2.21. The molecule has 5 heteroatoms. The summed E-state index contributed by atoms with van der Waals surface area (Å²) in [6, 6.07) is 2.06. The monoisotopic (exact) mass is 306 g/mol. The van der Waals surface area contributed by atoms with Crippen LogP contribution in [0.1, 0.15) is 57.2 Å². The van der Waals surface area contributed by atoms with E-state index >= 15 is 0 Å². The van der Waals surface area contributed by atoms with Crippen molar-refractivity contribution < 1.29 is 0 Å². The maximum Gasteiger partial charge on any atom is 0.136 e. The van der Waals surface area contributed by atoms with E-state index in [1.165, 1.54) is 37.9 Å². The smallest absolute Gasteiger partial charge is 0.136 e. The zero-order valence-corrected chi connectivity index (χ0v) is 13.7. The summed E-state index contributed by atoms with van der Waals surface area (Å²) in [4.78, 5) is 9.38. The molecule has 116 valence electrons. The molecule has 1 aromatic rings. The molecular weight excluding hydrogens is 280 g/mol. The quantitative estimate of drug-likeness (QED) is 0.801. The van der Waals surface area contributed by atoms with Gasteiger partial charge in [0.05, 0.1) is 0 Å². The first-order chi connectivity index (χ1) is 10.3. The first-order valence-electron chi connectivity index (χ1n) is 8.33. The number of thioether (sulfide) groups is 1. The van der Waals surface area contributed by atoms with Crippen LogP contribution in [0.15, 0.2) is 6.07 Å². The number of hydrogen-bond acceptors (Lipinski definition) is 5. The van der Waals surface area contributed by atoms with Gasteiger partial charge in [-0.1, -0.05) is 13.3 Å². The highest BCUT2D eigenvalue weighted by atomic mass is 32.2. The van der Waals surface area contributed by atoms with Crippen LogP contribution >= 0.6 is 11.8 Å². The number of nitrogens with one attached hydrogen (secondary N) is 2. The minimum atomic E-state index is 0.595. The van der Waals surface area contributed by atoms with Crippen LogP contribution in [0.25, 0.3) is 0 Å². The van der Waals surface area contributed by atoms with Crippen molar-refractivity contribution >= 4 is 23.4 Å². The summed E-state index contributed by atoms with van der Waals surface area (Å²) in [5, 5.41) is 7.68. The fraction of sp³-hybridized carbons (Fsp3) is 0.750. The van der Waals surface area contributed by atoms with Gasteiger partial charge >= 0.3 is 0 Å². The van der Waals surface area contributed by atoms with E-state index in [0.29, 0.717) is 5.92 Å². The Balaban J connectivity index is 1.63. The van der Waals surface area contributed by atoms with E-state index < -0.39 is 0 Å². The van der Waals surface area contributed by atoms with Gasteiger partial charge in [-0.25, -0.2) is 9.97 Å². The molecule has 0 amide bonds. The van der Waals surface area contributed by atoms with Crippen molar-refractivity contribution in [3.8, 4) is 0 Å². The Morgan fingerprint density at radius 3 is 2.62 bits per heavy atom. The van der Waals surface area contributed by atoms with E-state index in [2.05, 4.69) is 40.4 Å². The van der Waals surface area contributed by atoms with Gasteiger partial charge in [-0.3, -0.25) is 0 Å². The van der Waals surface area contributed by atoms with Crippen molar-refractivity contribution in [2.45, 2.75) is 56.6 Å². The predicted molar refractivity (Wildman–Crippen MR) is 91.4 cm³/mol. The van der Waals surface area contributed by atoms with Crippen molar-refractivity contribution in [3.05, 3.63) is 11.9 Å². The molecule has 0 bridgehead atoms. The Labute approximate surface area is 131 Å². The van der Waals surface area contributed by atoms with Crippen LogP contribution in [0.3, 0.4) is 0 Å². The highest BCUT2D eigenvalue weighted by Crippen LogP contribution is 2.38. The van der Waals surface area contributed by atoms with Gasteiger partial charge in [-0.15, -0.1) is 0 Å². The molecule has 2 aliphatic rings. The maximum absolute atomic E-state index is 4.72. The van der Waals surface area contributed by atoms with Crippen molar-refractivity contribution in [2.75, 3.05) is 29.5 Å². The van der Waals surface area contributed by atoms with Gasteiger partial charge in [0.2, 0.25) is 0 Å². The molecule has 0 spiro atoms. The predicted octanol–water partition coefficient (Wildman–Crippen LogP) is 3.87. The van der Waals surface area contributed by atoms with E-state index in [-0.39, 0.29) is 0 Å². The molecule has 1 aliphatic carbocycles. The topological polar surface area (TPSA) is 49.8 Å². The molecule has 21 heavy (non-hydrogen) atoms. The van der Waals surface area contributed by atoms with Crippen LogP contribution in [-0.4, -0.2) is 34.1 Å². The third-order valence-corrected chi connectivity index (χ3v) is 5.43. The molecule has 4 nitrogen and oxygen atoms in total. The van der Waals surface area contributed by atoms with Gasteiger partial charge in [0.25, 0.3) is 0 Å². The Morgan fingerprint density at radius 1 is 1.14 bits per heavy atom. The van der Waals surface area contributed by atoms with Gasteiger partial charge < -0.3 is 10.6 Å². The van der Waals surface area contributed by atoms with E-state index in [0.717, 1.165) is 42.2 Å². The normalized spacial score (nSPS) is 22.0. The number of aromatic nitrogens is 2. The van der Waals surface area contributed by atoms with Crippen molar-refractivity contribution in [1.82, 2.24) is 9.97 Å². The highest BCUT2D eigenvalue weighted by molar-refractivity contribution is 7.99. The molecule has 3 rings (SSSR count). The van der Waals surface area contributed by atoms with Crippen molar-refractivity contribution in [3.63, 3.8) is 0 Å². The van der Waals surface area contributed by atoms with E-state index in [1.807, 2.05) is 0 Å². The fourth-order valence-electron chi connectivity index (χ4n) is 2.61. The number of rotatable bonds is 7. The summed E-state index contributed by atoms with van der Waals surface area (Å²) in [5.41, 5.74) is 0. The molecule has 2 heterocycles. The molecule has 1 unspecified atom stereocenters. The molecule has 1 saturated carbocycles. The number of hydrogen-bond donors (Lipinski definition) is 2. The van der Waals surface area contributed by atoms with Crippen LogP contribution in [-0.2, 0) is 0 Å². The Morgan fingerprint density at radius 2 is 1.95 bits per heavy atom. The number of anilines is 2. The third-order valence-electron chi connectivity index (χ3n) is 4.03. The molecule has 0 aromatic carbocycles. The van der Waals surface area contributed by atoms with Crippen LogP contribution in [0.5, 0.6) is 0 Å². The summed E-state index contributed by atoms with van der Waals surface area (Å²) in [5.74, 6) is 4.91. The molecule has 2 N–H and O–H groups in total. The maximum atomic E-state index is 4.72. The zero-order chi connectivity index (χ0) is 14.5. The van der Waals surface area contributed by atoms with Gasteiger partial charge in [0.15, 0.2) is 0 Å². The Bertz CT molecular complexity index is 456. The summed E-state index contributed by atoms with van der Waals surface area (Å²) in [7, 11) is 0. The molecule has 2 fully saturated rings. The summed E-state index contributed by atoms with van der Waals surface area (Å²) in [6.45, 7) is 4.17. The van der Waals surface area contributed by atoms with Gasteiger partial charge in [-0.05, 0) is 37.9 Å². The SMILES string of the molecule is CCCNc1cc(NCC2CCCCS2)nc(C2CC2)n1. The number of nitrogens with zero attached hydrogens (tertiary/aromatic N) is 2. The van der Waals surface area contributed by atoms with Gasteiger partial charge in [0.1, 0.15) is 17.5 Å². The molecule has 1 aliphatic heterocycles. The molecule has 0 radical (unpaired) electrons. The minimum Gasteiger partial charge on any atom is -0.370 e. The average molecular weight is 306 g/mol. The lowest BCUT2D eigenvalue weighted by atomic mass is 10.2. The van der Waals surface area contributed by atoms with Crippen LogP contribution in [0.2, 0.25) is 0 Å². The summed E-state index contributed by atoms with van der Waals surface area (Å²) >= 11 is 2.10. The Hall–Kier alpha value is -0.970. The lowest BCUT2D eigenvalue weighted by molar-refractivity contribution is 0.676. The van der Waals surface area contributed by atoms with E-state index in [1.54, 1.807) is 0 Å². The largest absolute Gasteiger partial charge is 0.370 e. The highest BCUT2D eigenvalue weighted by Gasteiger charge is 2.27. The second kappa shape index (κ2) is 7.34. The second-order valence-electron chi connectivity index (χ2n) is 6.07. The second-order valence-corrected chi connectivity index (χ2v) is 7.48. The standard InChI is InChI=1S/C16H26N4S/c1-2-8-17-14-10-15(20-16(19-14)12-6-7-12)18-11-13-5-3-4-9-21-13/h10,12-13H,2-9,11H2,1H3,(H2,17,18,19,20). The fourth-order valence-corrected chi connectivity index (χ4v) is 3.85. The van der Waals surface area contributed by atoms with Gasteiger partial charge in [0, 0.05) is 30.3 Å². The van der Waals surface area contributed by atoms with Crippen molar-refractivity contribution in [1.29, 1.82) is 0 Å². The molecular formula is C16H26N4S. The van der Waals surface area contributed by atoms with E-state index in [4.69, 9.17) is 4.98 Å². The van der Waals surface area contributed by atoms with Crippen molar-refractivity contribution in [2.24, 2.45) is 0 Å². The lowest BCUT2D eigenvalue weighted by Gasteiger charge is -2.22. The van der Waals surface area contributed by atoms with Crippen LogP contribution < -0.4 is 10.6 Å². The van der Waals surface area contributed by atoms with Gasteiger partial charge in [-0.2, -0.15) is 11.8 Å². The molecule has 1 aromatic heterocycles. The zero-order valence-electron chi connectivity index (χ0n) is 12.9. The molecule has 1 saturated heterocycles. The minimum absolute atomic E-state index is 0.595. The summed E-state index contributed by atoms with van der Waals surface area (Å²) < 4.78 is 0.